The predicted molar refractivity (Wildman–Crippen MR) is 121 cm³/mol. The maximum Gasteiger partial charge on any atom is 0.244 e. The van der Waals surface area contributed by atoms with Gasteiger partial charge in [-0.15, -0.1) is 0 Å². The number of ether oxygens (including phenoxy) is 2. The molecular weight excluding hydrogens is 394 g/mol. The largest absolute Gasteiger partial charge is 0.497 e. The second-order valence-electron chi connectivity index (χ2n) is 8.01. The zero-order chi connectivity index (χ0) is 22.1. The van der Waals surface area contributed by atoms with Crippen LogP contribution in [0.15, 0.2) is 35.3 Å². The smallest absolute Gasteiger partial charge is 0.244 e. The van der Waals surface area contributed by atoms with Crippen molar-refractivity contribution in [2.45, 2.75) is 33.1 Å². The van der Waals surface area contributed by atoms with Crippen molar-refractivity contribution in [3.8, 4) is 11.5 Å². The van der Waals surface area contributed by atoms with Gasteiger partial charge in [-0.1, -0.05) is 0 Å². The molecule has 0 saturated heterocycles. The van der Waals surface area contributed by atoms with E-state index in [1.165, 1.54) is 7.11 Å². The van der Waals surface area contributed by atoms with Crippen LogP contribution < -0.4 is 19.7 Å². The zero-order valence-electron chi connectivity index (χ0n) is 18.3. The molecule has 0 spiro atoms. The summed E-state index contributed by atoms with van der Waals surface area (Å²) < 4.78 is 10.6. The molecule has 162 valence electrons. The maximum absolute atomic E-state index is 13.4. The van der Waals surface area contributed by atoms with Crippen LogP contribution in [0.3, 0.4) is 0 Å². The van der Waals surface area contributed by atoms with Gasteiger partial charge in [-0.3, -0.25) is 14.6 Å². The summed E-state index contributed by atoms with van der Waals surface area (Å²) in [6, 6.07) is 9.12. The number of hydrogen-bond donors (Lipinski definition) is 1. The summed E-state index contributed by atoms with van der Waals surface area (Å²) in [5.74, 6) is 0.500. The van der Waals surface area contributed by atoms with Crippen molar-refractivity contribution in [3.63, 3.8) is 0 Å². The zero-order valence-corrected chi connectivity index (χ0v) is 18.3. The highest BCUT2D eigenvalue weighted by Gasteiger charge is 2.37. The molecule has 0 radical (unpaired) electrons. The van der Waals surface area contributed by atoms with Crippen molar-refractivity contribution in [1.82, 2.24) is 0 Å². The summed E-state index contributed by atoms with van der Waals surface area (Å²) in [7, 11) is 3.10. The highest BCUT2D eigenvalue weighted by molar-refractivity contribution is 6.17. The van der Waals surface area contributed by atoms with Crippen molar-refractivity contribution in [2.75, 3.05) is 31.0 Å². The van der Waals surface area contributed by atoms with Crippen molar-refractivity contribution in [1.29, 1.82) is 0 Å². The minimum atomic E-state index is -0.303. The summed E-state index contributed by atoms with van der Waals surface area (Å²) in [5.41, 5.74) is 5.06. The Labute approximate surface area is 182 Å². The number of carbonyl (C=O) groups excluding carboxylic acids is 2. The Morgan fingerprint density at radius 1 is 1.16 bits per heavy atom. The van der Waals surface area contributed by atoms with Crippen molar-refractivity contribution >= 4 is 34.6 Å². The van der Waals surface area contributed by atoms with E-state index in [0.29, 0.717) is 22.9 Å². The summed E-state index contributed by atoms with van der Waals surface area (Å²) >= 11 is 0. The fourth-order valence-corrected chi connectivity index (χ4v) is 4.18. The molecule has 1 saturated carbocycles. The van der Waals surface area contributed by atoms with Crippen molar-refractivity contribution in [2.24, 2.45) is 10.9 Å². The van der Waals surface area contributed by atoms with Gasteiger partial charge in [0.25, 0.3) is 0 Å². The van der Waals surface area contributed by atoms with E-state index in [1.807, 2.05) is 26.0 Å². The van der Waals surface area contributed by atoms with Crippen LogP contribution in [0.1, 0.15) is 30.4 Å². The number of carbonyl (C=O) groups is 2. The maximum atomic E-state index is 13.4. The Morgan fingerprint density at radius 3 is 2.68 bits per heavy atom. The fourth-order valence-electron chi connectivity index (χ4n) is 4.18. The number of anilines is 2. The molecule has 2 amide bonds. The molecule has 31 heavy (non-hydrogen) atoms. The molecule has 1 heterocycles. The molecule has 2 aromatic carbocycles. The van der Waals surface area contributed by atoms with Crippen molar-refractivity contribution < 1.29 is 19.1 Å². The van der Waals surface area contributed by atoms with E-state index < -0.39 is 0 Å². The van der Waals surface area contributed by atoms with Crippen LogP contribution in [0.2, 0.25) is 0 Å². The molecule has 1 N–H and O–H groups in total. The van der Waals surface area contributed by atoms with E-state index >= 15 is 0 Å². The first-order valence-corrected chi connectivity index (χ1v) is 10.4. The number of nitrogens with one attached hydrogen (secondary N) is 1. The Balaban J connectivity index is 1.64. The number of benzene rings is 2. The summed E-state index contributed by atoms with van der Waals surface area (Å²) in [6.45, 7) is 3.93. The van der Waals surface area contributed by atoms with Gasteiger partial charge in [-0.25, -0.2) is 0 Å². The molecule has 2 aliphatic rings. The summed E-state index contributed by atoms with van der Waals surface area (Å²) in [6.07, 6.45) is 2.54. The van der Waals surface area contributed by atoms with E-state index in [4.69, 9.17) is 14.5 Å². The lowest BCUT2D eigenvalue weighted by atomic mass is 10.0. The van der Waals surface area contributed by atoms with E-state index in [2.05, 4.69) is 5.32 Å². The van der Waals surface area contributed by atoms with E-state index in [9.17, 15) is 9.59 Å². The minimum absolute atomic E-state index is 0.0601. The Hall–Kier alpha value is -3.35. The molecule has 1 atom stereocenters. The molecule has 1 aliphatic heterocycles. The second-order valence-corrected chi connectivity index (χ2v) is 8.01. The molecule has 7 nitrogen and oxygen atoms in total. The SMILES string of the molecule is COc1ccc(NC(=O)CN2C(=O)C3CCCC3=Nc3cc(C)c(C)cc32)c(OC)c1. The molecule has 7 heteroatoms. The topological polar surface area (TPSA) is 80.2 Å². The van der Waals surface area contributed by atoms with Gasteiger partial charge in [0.05, 0.1) is 37.2 Å². The molecule has 0 aromatic heterocycles. The minimum Gasteiger partial charge on any atom is -0.497 e. The highest BCUT2D eigenvalue weighted by Crippen LogP contribution is 2.39. The standard InChI is InChI=1S/C24H27N3O4/c1-14-10-20-21(11-15(14)2)27(24(29)17-6-5-7-18(17)25-20)13-23(28)26-19-9-8-16(30-3)12-22(19)31-4/h8-12,17H,5-7,13H2,1-4H3,(H,26,28). The van der Waals surface area contributed by atoms with Crippen molar-refractivity contribution in [3.05, 3.63) is 41.5 Å². The average Bonchev–Trinajstić information content (AvgIpc) is 3.19. The van der Waals surface area contributed by atoms with Crippen LogP contribution >= 0.6 is 0 Å². The second kappa shape index (κ2) is 8.41. The first-order chi connectivity index (χ1) is 14.9. The van der Waals surface area contributed by atoms with Crippen LogP contribution in [-0.4, -0.2) is 38.3 Å². The average molecular weight is 421 g/mol. The third-order valence-electron chi connectivity index (χ3n) is 6.02. The normalized spacial score (nSPS) is 17.4. The van der Waals surface area contributed by atoms with Crippen LogP contribution in [0.4, 0.5) is 17.1 Å². The lowest BCUT2D eigenvalue weighted by molar-refractivity contribution is -0.123. The number of amides is 2. The van der Waals surface area contributed by atoms with Crippen LogP contribution in [0.5, 0.6) is 11.5 Å². The molecule has 1 unspecified atom stereocenters. The Morgan fingerprint density at radius 2 is 1.94 bits per heavy atom. The molecule has 1 aliphatic carbocycles. The molecule has 2 aromatic rings. The Bertz CT molecular complexity index is 1080. The number of aliphatic imine (C=N–C) groups is 1. The lowest BCUT2D eigenvalue weighted by Gasteiger charge is -2.25. The number of fused-ring (bicyclic) bond motifs is 2. The lowest BCUT2D eigenvalue weighted by Crippen LogP contribution is -2.42. The van der Waals surface area contributed by atoms with Gasteiger partial charge in [0.2, 0.25) is 11.8 Å². The van der Waals surface area contributed by atoms with Crippen LogP contribution in [0.25, 0.3) is 0 Å². The molecule has 0 bridgehead atoms. The number of hydrogen-bond acceptors (Lipinski definition) is 5. The van der Waals surface area contributed by atoms with Gasteiger partial charge in [0, 0.05) is 11.8 Å². The van der Waals surface area contributed by atoms with E-state index in [0.717, 1.165) is 41.8 Å². The van der Waals surface area contributed by atoms with Gasteiger partial charge in [0.15, 0.2) is 0 Å². The number of aryl methyl sites for hydroxylation is 2. The molecule has 1 fully saturated rings. The monoisotopic (exact) mass is 421 g/mol. The number of methoxy groups -OCH3 is 2. The van der Waals surface area contributed by atoms with Gasteiger partial charge in [-0.2, -0.15) is 0 Å². The van der Waals surface area contributed by atoms with Gasteiger partial charge in [0.1, 0.15) is 18.0 Å². The summed E-state index contributed by atoms with van der Waals surface area (Å²) in [5, 5.41) is 2.87. The molecule has 4 rings (SSSR count). The van der Waals surface area contributed by atoms with Gasteiger partial charge >= 0.3 is 0 Å². The quantitative estimate of drug-likeness (QED) is 0.785. The van der Waals surface area contributed by atoms with Gasteiger partial charge in [-0.05, 0) is 68.5 Å². The molecular formula is C24H27N3O4. The van der Waals surface area contributed by atoms with Gasteiger partial charge < -0.3 is 19.7 Å². The fraction of sp³-hybridized carbons (Fsp3) is 0.375. The number of nitrogens with zero attached hydrogens (tertiary/aromatic N) is 2. The number of rotatable bonds is 5. The Kier molecular flexibility index (Phi) is 5.67. The first-order valence-electron chi connectivity index (χ1n) is 10.4. The van der Waals surface area contributed by atoms with E-state index in [1.54, 1.807) is 30.2 Å². The third kappa shape index (κ3) is 4.00. The van der Waals surface area contributed by atoms with E-state index in [-0.39, 0.29) is 24.3 Å². The highest BCUT2D eigenvalue weighted by atomic mass is 16.5. The van der Waals surface area contributed by atoms with Crippen LogP contribution in [-0.2, 0) is 9.59 Å². The third-order valence-corrected chi connectivity index (χ3v) is 6.02. The first kappa shape index (κ1) is 20.9. The summed E-state index contributed by atoms with van der Waals surface area (Å²) in [4.78, 5) is 32.8. The van der Waals surface area contributed by atoms with Crippen LogP contribution in [0, 0.1) is 19.8 Å². The predicted octanol–water partition coefficient (Wildman–Crippen LogP) is 4.18.